The Morgan fingerprint density at radius 2 is 1.62 bits per heavy atom. The molecule has 6 rings (SSSR count). The Morgan fingerprint density at radius 1 is 0.892 bits per heavy atom. The zero-order valence-electron chi connectivity index (χ0n) is 19.2. The Bertz CT molecular complexity index is 1730. The molecule has 3 aromatic carbocycles. The number of halogens is 2. The maximum Gasteiger partial charge on any atom is 0.263 e. The zero-order chi connectivity index (χ0) is 25.4. The van der Waals surface area contributed by atoms with Crippen molar-refractivity contribution in [3.63, 3.8) is 0 Å². The number of fused-ring (bicyclic) bond motifs is 3. The molecule has 0 unspecified atom stereocenters. The monoisotopic (exact) mass is 544 g/mol. The number of aromatic nitrogens is 3. The van der Waals surface area contributed by atoms with Crippen molar-refractivity contribution in [3.05, 3.63) is 101 Å². The van der Waals surface area contributed by atoms with E-state index in [1.54, 1.807) is 23.5 Å². The Hall–Kier alpha value is -3.91. The molecule has 182 valence electrons. The number of nitrogens with zero attached hydrogens (tertiary/aromatic N) is 3. The van der Waals surface area contributed by atoms with Crippen molar-refractivity contribution in [3.8, 4) is 28.3 Å². The fourth-order valence-electron chi connectivity index (χ4n) is 4.08. The minimum absolute atomic E-state index is 0.147. The first-order valence-electron chi connectivity index (χ1n) is 11.4. The minimum Gasteiger partial charge on any atom is -0.484 e. The van der Waals surface area contributed by atoms with Gasteiger partial charge in [-0.1, -0.05) is 58.8 Å². The summed E-state index contributed by atoms with van der Waals surface area (Å²) in [5.74, 6) is 0.675. The summed E-state index contributed by atoms with van der Waals surface area (Å²) in [6.45, 7) is -0.147. The fourth-order valence-corrected chi connectivity index (χ4v) is 5.34. The molecule has 0 bridgehead atoms. The lowest BCUT2D eigenvalue weighted by molar-refractivity contribution is -0.118. The maximum atomic E-state index is 12.3. The molecule has 0 saturated heterocycles. The number of para-hydroxylation sites is 1. The molecule has 0 spiro atoms. The largest absolute Gasteiger partial charge is 0.484 e. The minimum atomic E-state index is -0.314. The number of carbonyl (C=O) groups excluding carboxylic acids is 1. The topological polar surface area (TPSA) is 68.5 Å². The summed E-state index contributed by atoms with van der Waals surface area (Å²) in [6, 6.07) is 26.9. The van der Waals surface area contributed by atoms with Crippen LogP contribution in [0.1, 0.15) is 0 Å². The van der Waals surface area contributed by atoms with E-state index in [1.165, 1.54) is 6.20 Å². The van der Waals surface area contributed by atoms with E-state index < -0.39 is 0 Å². The third-order valence-corrected chi connectivity index (χ3v) is 7.26. The number of hydrogen-bond acceptors (Lipinski definition) is 5. The van der Waals surface area contributed by atoms with E-state index in [0.29, 0.717) is 21.6 Å². The Morgan fingerprint density at radius 3 is 2.38 bits per heavy atom. The predicted molar refractivity (Wildman–Crippen MR) is 150 cm³/mol. The van der Waals surface area contributed by atoms with Gasteiger partial charge in [0.25, 0.3) is 5.91 Å². The van der Waals surface area contributed by atoms with E-state index in [9.17, 15) is 4.79 Å². The second-order valence-electron chi connectivity index (χ2n) is 8.23. The molecule has 0 aliphatic heterocycles. The number of benzene rings is 3. The van der Waals surface area contributed by atoms with Crippen LogP contribution in [0.5, 0.6) is 5.75 Å². The molecule has 0 aliphatic rings. The summed E-state index contributed by atoms with van der Waals surface area (Å²) >= 11 is 13.6. The van der Waals surface area contributed by atoms with E-state index in [4.69, 9.17) is 32.9 Å². The van der Waals surface area contributed by atoms with Crippen molar-refractivity contribution in [2.24, 2.45) is 0 Å². The maximum absolute atomic E-state index is 12.3. The van der Waals surface area contributed by atoms with Crippen LogP contribution in [0.3, 0.4) is 0 Å². The van der Waals surface area contributed by atoms with Crippen LogP contribution in [0.25, 0.3) is 37.7 Å². The van der Waals surface area contributed by atoms with Crippen LogP contribution in [0.15, 0.2) is 91.1 Å². The van der Waals surface area contributed by atoms with Gasteiger partial charge in [-0.3, -0.25) is 9.20 Å². The molecule has 0 aliphatic carbocycles. The second-order valence-corrected chi connectivity index (χ2v) is 10.1. The number of amides is 1. The second kappa shape index (κ2) is 9.86. The van der Waals surface area contributed by atoms with Gasteiger partial charge in [0.15, 0.2) is 11.6 Å². The average molecular weight is 545 g/mol. The first-order chi connectivity index (χ1) is 18.0. The highest BCUT2D eigenvalue weighted by Crippen LogP contribution is 2.39. The molecule has 3 heterocycles. The molecule has 6 aromatic rings. The summed E-state index contributed by atoms with van der Waals surface area (Å²) in [7, 11) is 0. The van der Waals surface area contributed by atoms with E-state index in [2.05, 4.69) is 26.8 Å². The molecule has 6 nitrogen and oxygen atoms in total. The van der Waals surface area contributed by atoms with E-state index in [-0.39, 0.29) is 12.5 Å². The van der Waals surface area contributed by atoms with Crippen LogP contribution >= 0.6 is 34.5 Å². The molecular formula is C28H18Cl2N4O2S. The lowest BCUT2D eigenvalue weighted by atomic mass is 10.0. The molecule has 37 heavy (non-hydrogen) atoms. The standard InChI is InChI=1S/C28H18Cl2N4O2S/c29-19-9-5-17(6-10-19)26-27(34-22-3-1-2-4-23(22)37-28(34)33-26)18-7-12-21(13-8-18)36-16-25(35)32-24-14-11-20(30)15-31-24/h1-15H,16H2,(H,31,32,35). The summed E-state index contributed by atoms with van der Waals surface area (Å²) in [6.07, 6.45) is 1.47. The summed E-state index contributed by atoms with van der Waals surface area (Å²) in [5.41, 5.74) is 4.90. The lowest BCUT2D eigenvalue weighted by Gasteiger charge is -2.09. The van der Waals surface area contributed by atoms with Crippen LogP contribution in [-0.2, 0) is 4.79 Å². The number of rotatable bonds is 6. The van der Waals surface area contributed by atoms with Crippen molar-refractivity contribution in [2.75, 3.05) is 11.9 Å². The SMILES string of the molecule is O=C(COc1ccc(-c2c(-c3ccc(Cl)cc3)nc3sc4ccccc4n23)cc1)Nc1ccc(Cl)cn1. The molecule has 0 saturated carbocycles. The Labute approximate surface area is 226 Å². The normalized spacial score (nSPS) is 11.2. The van der Waals surface area contributed by atoms with Crippen molar-refractivity contribution in [2.45, 2.75) is 0 Å². The van der Waals surface area contributed by atoms with Gasteiger partial charge < -0.3 is 10.1 Å². The molecule has 1 amide bonds. The highest BCUT2D eigenvalue weighted by atomic mass is 35.5. The van der Waals surface area contributed by atoms with E-state index in [1.807, 2.05) is 60.7 Å². The Balaban J connectivity index is 1.30. The van der Waals surface area contributed by atoms with Crippen LogP contribution in [0, 0.1) is 0 Å². The van der Waals surface area contributed by atoms with E-state index >= 15 is 0 Å². The first kappa shape index (κ1) is 23.5. The van der Waals surface area contributed by atoms with Gasteiger partial charge in [0, 0.05) is 22.3 Å². The smallest absolute Gasteiger partial charge is 0.263 e. The lowest BCUT2D eigenvalue weighted by Crippen LogP contribution is -2.20. The number of anilines is 1. The predicted octanol–water partition coefficient (Wildman–Crippen LogP) is 7.60. The third-order valence-electron chi connectivity index (χ3n) is 5.76. The average Bonchev–Trinajstić information content (AvgIpc) is 3.46. The van der Waals surface area contributed by atoms with Crippen LogP contribution < -0.4 is 10.1 Å². The summed E-state index contributed by atoms with van der Waals surface area (Å²) in [5, 5.41) is 3.86. The molecule has 0 atom stereocenters. The molecule has 3 aromatic heterocycles. The summed E-state index contributed by atoms with van der Waals surface area (Å²) in [4.78, 5) is 22.2. The third kappa shape index (κ3) is 4.76. The number of carbonyl (C=O) groups is 1. The van der Waals surface area contributed by atoms with Crippen molar-refractivity contribution < 1.29 is 9.53 Å². The van der Waals surface area contributed by atoms with Gasteiger partial charge >= 0.3 is 0 Å². The fraction of sp³-hybridized carbons (Fsp3) is 0.0357. The number of ether oxygens (including phenoxy) is 1. The van der Waals surface area contributed by atoms with Crippen molar-refractivity contribution in [1.82, 2.24) is 14.4 Å². The van der Waals surface area contributed by atoms with Gasteiger partial charge in [-0.25, -0.2) is 9.97 Å². The van der Waals surface area contributed by atoms with Crippen molar-refractivity contribution >= 4 is 61.4 Å². The highest BCUT2D eigenvalue weighted by molar-refractivity contribution is 7.23. The number of hydrogen-bond donors (Lipinski definition) is 1. The van der Waals surface area contributed by atoms with E-state index in [0.717, 1.165) is 37.7 Å². The first-order valence-corrected chi connectivity index (χ1v) is 12.9. The summed E-state index contributed by atoms with van der Waals surface area (Å²) < 4.78 is 9.05. The van der Waals surface area contributed by atoms with Gasteiger partial charge in [-0.2, -0.15) is 0 Å². The zero-order valence-corrected chi connectivity index (χ0v) is 21.5. The van der Waals surface area contributed by atoms with Gasteiger partial charge in [0.1, 0.15) is 11.6 Å². The molecule has 0 radical (unpaired) electrons. The molecular weight excluding hydrogens is 527 g/mol. The number of nitrogens with one attached hydrogen (secondary N) is 1. The quantitative estimate of drug-likeness (QED) is 0.234. The molecule has 0 fully saturated rings. The highest BCUT2D eigenvalue weighted by Gasteiger charge is 2.20. The van der Waals surface area contributed by atoms with Gasteiger partial charge in [-0.15, -0.1) is 0 Å². The van der Waals surface area contributed by atoms with Gasteiger partial charge in [-0.05, 0) is 60.7 Å². The number of pyridine rings is 1. The van der Waals surface area contributed by atoms with Crippen LogP contribution in [0.4, 0.5) is 5.82 Å². The van der Waals surface area contributed by atoms with Gasteiger partial charge in [0.05, 0.1) is 26.6 Å². The van der Waals surface area contributed by atoms with Gasteiger partial charge in [0.2, 0.25) is 0 Å². The number of imidazole rings is 1. The Kier molecular flexibility index (Phi) is 6.26. The molecule has 9 heteroatoms. The van der Waals surface area contributed by atoms with Crippen LogP contribution in [-0.4, -0.2) is 26.9 Å². The van der Waals surface area contributed by atoms with Crippen molar-refractivity contribution in [1.29, 1.82) is 0 Å². The van der Waals surface area contributed by atoms with Crippen LogP contribution in [0.2, 0.25) is 10.0 Å². The molecule has 1 N–H and O–H groups in total. The number of thiazole rings is 1.